The first-order chi connectivity index (χ1) is 16.6. The molecule has 2 N–H and O–H groups in total. The van der Waals surface area contributed by atoms with Gasteiger partial charge in [-0.25, -0.2) is 9.18 Å². The Morgan fingerprint density at radius 2 is 1.80 bits per heavy atom. The second-order valence-corrected chi connectivity index (χ2v) is 10.6. The van der Waals surface area contributed by atoms with E-state index in [0.29, 0.717) is 18.9 Å². The predicted molar refractivity (Wildman–Crippen MR) is 132 cm³/mol. The van der Waals surface area contributed by atoms with Gasteiger partial charge in [0, 0.05) is 24.7 Å². The Hall–Kier alpha value is -3.16. The SMILES string of the molecule is CC(C)(C)OC(=O)NC(C(=O)N1CCC(F)C1)C(CC1CC1)c1ccc(-c2ccc(=O)[nH]c2)cc1. The molecule has 1 aromatic carbocycles. The minimum Gasteiger partial charge on any atom is -0.444 e. The maximum absolute atomic E-state index is 13.9. The van der Waals surface area contributed by atoms with Crippen LogP contribution in [0, 0.1) is 5.92 Å². The highest BCUT2D eigenvalue weighted by Gasteiger charge is 2.40. The molecule has 2 aromatic rings. The number of aromatic nitrogens is 1. The number of likely N-dealkylation sites (tertiary alicyclic amines) is 1. The van der Waals surface area contributed by atoms with Crippen LogP contribution < -0.4 is 10.9 Å². The normalized spacial score (nSPS) is 19.8. The molecule has 1 aliphatic carbocycles. The van der Waals surface area contributed by atoms with Gasteiger partial charge in [-0.1, -0.05) is 37.1 Å². The Bertz CT molecular complexity index is 1080. The minimum absolute atomic E-state index is 0.0482. The van der Waals surface area contributed by atoms with E-state index >= 15 is 0 Å². The Morgan fingerprint density at radius 3 is 2.34 bits per heavy atom. The van der Waals surface area contributed by atoms with Crippen molar-refractivity contribution in [2.24, 2.45) is 5.92 Å². The first-order valence-electron chi connectivity index (χ1n) is 12.3. The number of hydrogen-bond donors (Lipinski definition) is 2. The maximum atomic E-state index is 13.9. The number of nitrogens with one attached hydrogen (secondary N) is 2. The van der Waals surface area contributed by atoms with E-state index in [1.54, 1.807) is 33.0 Å². The summed E-state index contributed by atoms with van der Waals surface area (Å²) in [4.78, 5) is 41.9. The van der Waals surface area contributed by atoms with Gasteiger partial charge in [-0.15, -0.1) is 0 Å². The van der Waals surface area contributed by atoms with Crippen LogP contribution in [-0.4, -0.2) is 52.8 Å². The topological polar surface area (TPSA) is 91.5 Å². The fraction of sp³-hybridized carbons (Fsp3) is 0.519. The molecule has 3 unspecified atom stereocenters. The highest BCUT2D eigenvalue weighted by atomic mass is 19.1. The van der Waals surface area contributed by atoms with E-state index in [0.717, 1.165) is 36.0 Å². The molecule has 2 amide bonds. The average molecular weight is 484 g/mol. The van der Waals surface area contributed by atoms with E-state index in [-0.39, 0.29) is 23.9 Å². The van der Waals surface area contributed by atoms with E-state index in [2.05, 4.69) is 10.3 Å². The smallest absolute Gasteiger partial charge is 0.408 e. The van der Waals surface area contributed by atoms with Crippen LogP contribution in [0.3, 0.4) is 0 Å². The number of pyridine rings is 1. The van der Waals surface area contributed by atoms with Crippen molar-refractivity contribution >= 4 is 12.0 Å². The summed E-state index contributed by atoms with van der Waals surface area (Å²) in [6.45, 7) is 5.71. The van der Waals surface area contributed by atoms with Crippen LogP contribution in [0.25, 0.3) is 11.1 Å². The van der Waals surface area contributed by atoms with Crippen LogP contribution in [0.5, 0.6) is 0 Å². The summed E-state index contributed by atoms with van der Waals surface area (Å²) in [5, 5.41) is 2.83. The number of carbonyl (C=O) groups is 2. The van der Waals surface area contributed by atoms with Crippen LogP contribution in [0.15, 0.2) is 47.4 Å². The van der Waals surface area contributed by atoms with Gasteiger partial charge >= 0.3 is 6.09 Å². The number of amides is 2. The molecule has 4 rings (SSSR count). The number of carbonyl (C=O) groups excluding carboxylic acids is 2. The van der Waals surface area contributed by atoms with Crippen molar-refractivity contribution in [2.45, 2.75) is 70.2 Å². The molecule has 8 heteroatoms. The summed E-state index contributed by atoms with van der Waals surface area (Å²) in [6.07, 6.45) is 3.21. The van der Waals surface area contributed by atoms with Gasteiger partial charge in [0.1, 0.15) is 17.8 Å². The lowest BCUT2D eigenvalue weighted by Crippen LogP contribution is -2.52. The summed E-state index contributed by atoms with van der Waals surface area (Å²) in [5.74, 6) is -0.0562. The fourth-order valence-corrected chi connectivity index (χ4v) is 4.57. The number of rotatable bonds is 7. The van der Waals surface area contributed by atoms with Crippen LogP contribution in [0.1, 0.15) is 57.9 Å². The molecule has 1 saturated carbocycles. The zero-order valence-corrected chi connectivity index (χ0v) is 20.6. The molecule has 1 aromatic heterocycles. The molecule has 2 aliphatic rings. The van der Waals surface area contributed by atoms with Gasteiger partial charge in [0.2, 0.25) is 11.5 Å². The number of nitrogens with zero attached hydrogens (tertiary/aromatic N) is 1. The zero-order valence-electron chi connectivity index (χ0n) is 20.6. The number of benzene rings is 1. The molecular weight excluding hydrogens is 449 g/mol. The number of alkyl halides is 1. The number of aromatic amines is 1. The van der Waals surface area contributed by atoms with Crippen LogP contribution in [0.2, 0.25) is 0 Å². The predicted octanol–water partition coefficient (Wildman–Crippen LogP) is 4.39. The van der Waals surface area contributed by atoms with Crippen molar-refractivity contribution in [2.75, 3.05) is 13.1 Å². The lowest BCUT2D eigenvalue weighted by Gasteiger charge is -2.32. The summed E-state index contributed by atoms with van der Waals surface area (Å²) >= 11 is 0. The molecule has 0 bridgehead atoms. The third-order valence-corrected chi connectivity index (χ3v) is 6.52. The number of H-pyrrole nitrogens is 1. The monoisotopic (exact) mass is 483 g/mol. The molecule has 35 heavy (non-hydrogen) atoms. The molecule has 2 heterocycles. The minimum atomic E-state index is -1.04. The van der Waals surface area contributed by atoms with E-state index in [1.807, 2.05) is 24.3 Å². The lowest BCUT2D eigenvalue weighted by atomic mass is 9.85. The Balaban J connectivity index is 1.63. The van der Waals surface area contributed by atoms with Crippen molar-refractivity contribution in [3.05, 3.63) is 58.5 Å². The summed E-state index contributed by atoms with van der Waals surface area (Å²) in [5.41, 5.74) is 1.86. The van der Waals surface area contributed by atoms with Crippen molar-refractivity contribution < 1.29 is 18.7 Å². The van der Waals surface area contributed by atoms with Gasteiger partial charge in [-0.3, -0.25) is 9.59 Å². The molecule has 0 radical (unpaired) electrons. The highest BCUT2D eigenvalue weighted by Crippen LogP contribution is 2.41. The van der Waals surface area contributed by atoms with E-state index in [4.69, 9.17) is 4.74 Å². The van der Waals surface area contributed by atoms with Gasteiger partial charge in [0.25, 0.3) is 0 Å². The Labute approximate surface area is 205 Å². The van der Waals surface area contributed by atoms with Crippen molar-refractivity contribution in [1.82, 2.24) is 15.2 Å². The largest absolute Gasteiger partial charge is 0.444 e. The quantitative estimate of drug-likeness (QED) is 0.611. The van der Waals surface area contributed by atoms with Gasteiger partial charge in [0.05, 0.1) is 6.54 Å². The Morgan fingerprint density at radius 1 is 1.11 bits per heavy atom. The third kappa shape index (κ3) is 6.71. The molecule has 188 valence electrons. The van der Waals surface area contributed by atoms with Gasteiger partial charge in [-0.05, 0) is 62.3 Å². The molecule has 3 atom stereocenters. The lowest BCUT2D eigenvalue weighted by molar-refractivity contribution is -0.133. The van der Waals surface area contributed by atoms with Crippen molar-refractivity contribution in [3.8, 4) is 11.1 Å². The first kappa shape index (κ1) is 24.9. The molecule has 0 spiro atoms. The Kier molecular flexibility index (Phi) is 7.28. The first-order valence-corrected chi connectivity index (χ1v) is 12.3. The van der Waals surface area contributed by atoms with Crippen LogP contribution in [0.4, 0.5) is 9.18 Å². The number of halogens is 1. The molecule has 1 saturated heterocycles. The second-order valence-electron chi connectivity index (χ2n) is 10.6. The number of alkyl carbamates (subject to hydrolysis) is 1. The molecular formula is C27H34FN3O4. The van der Waals surface area contributed by atoms with E-state index < -0.39 is 23.9 Å². The summed E-state index contributed by atoms with van der Waals surface area (Å²) in [6, 6.07) is 10.2. The van der Waals surface area contributed by atoms with Crippen LogP contribution >= 0.6 is 0 Å². The van der Waals surface area contributed by atoms with Gasteiger partial charge < -0.3 is 19.9 Å². The molecule has 1 aliphatic heterocycles. The van der Waals surface area contributed by atoms with Crippen LogP contribution in [-0.2, 0) is 9.53 Å². The van der Waals surface area contributed by atoms with Gasteiger partial charge in [-0.2, -0.15) is 0 Å². The zero-order chi connectivity index (χ0) is 25.2. The van der Waals surface area contributed by atoms with Crippen molar-refractivity contribution in [3.63, 3.8) is 0 Å². The van der Waals surface area contributed by atoms with Gasteiger partial charge in [0.15, 0.2) is 0 Å². The van der Waals surface area contributed by atoms with Crippen molar-refractivity contribution in [1.29, 1.82) is 0 Å². The molecule has 7 nitrogen and oxygen atoms in total. The van der Waals surface area contributed by atoms with E-state index in [9.17, 15) is 18.8 Å². The summed E-state index contributed by atoms with van der Waals surface area (Å²) < 4.78 is 19.4. The highest BCUT2D eigenvalue weighted by molar-refractivity contribution is 5.87. The second kappa shape index (κ2) is 10.2. The standard InChI is InChI=1S/C27H34FN3O4/c1-27(2,3)35-26(34)30-24(25(33)31-13-12-21(28)16-31)22(14-17-4-5-17)19-8-6-18(7-9-19)20-10-11-23(32)29-15-20/h6-11,15,17,21-22,24H,4-5,12-14,16H2,1-3H3,(H,29,32)(H,30,34). The average Bonchev–Trinajstić information content (AvgIpc) is 3.52. The molecule has 2 fully saturated rings. The van der Waals surface area contributed by atoms with E-state index in [1.165, 1.54) is 11.0 Å². The fourth-order valence-electron chi connectivity index (χ4n) is 4.57. The number of hydrogen-bond acceptors (Lipinski definition) is 4. The number of ether oxygens (including phenoxy) is 1. The summed E-state index contributed by atoms with van der Waals surface area (Å²) in [7, 11) is 0. The maximum Gasteiger partial charge on any atom is 0.408 e. The third-order valence-electron chi connectivity index (χ3n) is 6.52.